The van der Waals surface area contributed by atoms with Crippen molar-refractivity contribution in [1.29, 1.82) is 0 Å². The highest BCUT2D eigenvalue weighted by atomic mass is 19.4. The van der Waals surface area contributed by atoms with Gasteiger partial charge in [0.2, 0.25) is 0 Å². The fourth-order valence-corrected chi connectivity index (χ4v) is 4.31. The first-order valence-corrected chi connectivity index (χ1v) is 13.7. The minimum atomic E-state index is -4.59. The number of nitrogens with zero attached hydrogens (tertiary/aromatic N) is 3. The lowest BCUT2D eigenvalue weighted by molar-refractivity contribution is -0.137. The molecule has 2 aromatic carbocycles. The van der Waals surface area contributed by atoms with E-state index >= 15 is 0 Å². The average Bonchev–Trinajstić information content (AvgIpc) is 3.42. The molecular formula is C30H33F3N6O5. The summed E-state index contributed by atoms with van der Waals surface area (Å²) in [7, 11) is 1.58. The molecule has 2 heterocycles. The molecule has 11 nitrogen and oxygen atoms in total. The van der Waals surface area contributed by atoms with Crippen molar-refractivity contribution in [3.63, 3.8) is 0 Å². The zero-order valence-electron chi connectivity index (χ0n) is 24.8. The van der Waals surface area contributed by atoms with E-state index in [4.69, 9.17) is 9.47 Å². The number of ether oxygens (including phenoxy) is 2. The van der Waals surface area contributed by atoms with Gasteiger partial charge in [-0.1, -0.05) is 12.1 Å². The Kier molecular flexibility index (Phi) is 9.30. The van der Waals surface area contributed by atoms with E-state index < -0.39 is 35.2 Å². The Morgan fingerprint density at radius 1 is 1.02 bits per heavy atom. The number of alkyl halides is 3. The third-order valence-electron chi connectivity index (χ3n) is 6.51. The van der Waals surface area contributed by atoms with Gasteiger partial charge in [0.25, 0.3) is 11.8 Å². The molecule has 1 fully saturated rings. The number of halogens is 3. The van der Waals surface area contributed by atoms with Crippen molar-refractivity contribution in [3.8, 4) is 6.01 Å². The Labute approximate surface area is 252 Å². The molecule has 0 radical (unpaired) electrons. The van der Waals surface area contributed by atoms with Gasteiger partial charge in [-0.05, 0) is 63.6 Å². The van der Waals surface area contributed by atoms with Gasteiger partial charge in [0.1, 0.15) is 23.1 Å². The van der Waals surface area contributed by atoms with Crippen molar-refractivity contribution in [2.45, 2.75) is 52.0 Å². The molecule has 0 aliphatic carbocycles. The standard InChI is InChI=1S/C30H33F3N6O5/c1-17-9-10-20(36-25(40)18-7-6-8-19(13-18)30(31,32)33)14-23(17)37-26(41)22-15-35-27(38-24(22)34-5)43-21-11-12-39(16-21)28(42)44-29(2,3)4/h6-10,13-15,21H,11-12,16H2,1-5H3,(H,36,40)(H,37,41)(H,34,35,38)/t21-/m0/s1. The predicted molar refractivity (Wildman–Crippen MR) is 157 cm³/mol. The van der Waals surface area contributed by atoms with E-state index in [0.29, 0.717) is 30.8 Å². The lowest BCUT2D eigenvalue weighted by atomic mass is 10.1. The second kappa shape index (κ2) is 12.8. The van der Waals surface area contributed by atoms with E-state index in [1.807, 2.05) is 0 Å². The summed E-state index contributed by atoms with van der Waals surface area (Å²) in [6.45, 7) is 7.87. The number of likely N-dealkylation sites (tertiary alicyclic amines) is 1. The summed E-state index contributed by atoms with van der Waals surface area (Å²) in [6.07, 6.45) is -3.51. The molecule has 234 valence electrons. The third-order valence-corrected chi connectivity index (χ3v) is 6.51. The van der Waals surface area contributed by atoms with Crippen LogP contribution in [-0.4, -0.2) is 64.6 Å². The first kappa shape index (κ1) is 32.0. The molecule has 0 unspecified atom stereocenters. The van der Waals surface area contributed by atoms with Crippen LogP contribution >= 0.6 is 0 Å². The van der Waals surface area contributed by atoms with Crippen LogP contribution in [0, 0.1) is 6.92 Å². The molecule has 1 saturated heterocycles. The van der Waals surface area contributed by atoms with E-state index in [1.54, 1.807) is 51.8 Å². The van der Waals surface area contributed by atoms with Gasteiger partial charge in [0, 0.05) is 43.1 Å². The van der Waals surface area contributed by atoms with Crippen molar-refractivity contribution < 1.29 is 37.0 Å². The van der Waals surface area contributed by atoms with Gasteiger partial charge >= 0.3 is 18.3 Å². The first-order valence-electron chi connectivity index (χ1n) is 13.7. The first-order chi connectivity index (χ1) is 20.6. The lowest BCUT2D eigenvalue weighted by Gasteiger charge is -2.24. The summed E-state index contributed by atoms with van der Waals surface area (Å²) in [6, 6.07) is 8.81. The van der Waals surface area contributed by atoms with E-state index in [2.05, 4.69) is 25.9 Å². The summed E-state index contributed by atoms with van der Waals surface area (Å²) in [5.41, 5.74) is -0.326. The molecule has 1 atom stereocenters. The van der Waals surface area contributed by atoms with Gasteiger partial charge in [-0.2, -0.15) is 18.2 Å². The molecule has 4 rings (SSSR count). The number of aryl methyl sites for hydroxylation is 1. The topological polar surface area (TPSA) is 135 Å². The largest absolute Gasteiger partial charge is 0.458 e. The molecule has 44 heavy (non-hydrogen) atoms. The number of amides is 3. The van der Waals surface area contributed by atoms with Crippen molar-refractivity contribution in [1.82, 2.24) is 14.9 Å². The number of aromatic nitrogens is 2. The molecule has 1 aliphatic rings. The van der Waals surface area contributed by atoms with E-state index in [1.165, 1.54) is 18.3 Å². The van der Waals surface area contributed by atoms with Crippen LogP contribution < -0.4 is 20.7 Å². The monoisotopic (exact) mass is 614 g/mol. The molecule has 0 spiro atoms. The summed E-state index contributed by atoms with van der Waals surface area (Å²) in [4.78, 5) is 48.2. The van der Waals surface area contributed by atoms with Crippen LogP contribution in [0.25, 0.3) is 0 Å². The molecule has 0 bridgehead atoms. The highest BCUT2D eigenvalue weighted by Crippen LogP contribution is 2.30. The summed E-state index contributed by atoms with van der Waals surface area (Å²) >= 11 is 0. The molecule has 1 aromatic heterocycles. The summed E-state index contributed by atoms with van der Waals surface area (Å²) < 4.78 is 50.5. The van der Waals surface area contributed by atoms with E-state index in [-0.39, 0.29) is 34.7 Å². The number of benzene rings is 2. The van der Waals surface area contributed by atoms with Crippen LogP contribution in [0.2, 0.25) is 0 Å². The van der Waals surface area contributed by atoms with E-state index in [9.17, 15) is 27.6 Å². The summed E-state index contributed by atoms with van der Waals surface area (Å²) in [5, 5.41) is 8.17. The van der Waals surface area contributed by atoms with Gasteiger partial charge in [0.05, 0.1) is 12.1 Å². The highest BCUT2D eigenvalue weighted by Gasteiger charge is 2.32. The zero-order valence-corrected chi connectivity index (χ0v) is 24.8. The predicted octanol–water partition coefficient (Wildman–Crippen LogP) is 5.74. The number of rotatable bonds is 7. The Morgan fingerprint density at radius 2 is 1.77 bits per heavy atom. The zero-order chi connectivity index (χ0) is 32.2. The minimum absolute atomic E-state index is 0.0254. The molecule has 0 saturated carbocycles. The van der Waals surface area contributed by atoms with Crippen LogP contribution in [0.3, 0.4) is 0 Å². The third kappa shape index (κ3) is 8.14. The number of carbonyl (C=O) groups is 3. The Morgan fingerprint density at radius 3 is 2.45 bits per heavy atom. The van der Waals surface area contributed by atoms with Gasteiger partial charge in [-0.15, -0.1) is 0 Å². The average molecular weight is 615 g/mol. The second-order valence-corrected chi connectivity index (χ2v) is 11.1. The van der Waals surface area contributed by atoms with Crippen molar-refractivity contribution in [2.75, 3.05) is 36.1 Å². The molecule has 14 heteroatoms. The molecule has 3 aromatic rings. The van der Waals surface area contributed by atoms with Gasteiger partial charge in [0.15, 0.2) is 0 Å². The Bertz CT molecular complexity index is 1560. The quantitative estimate of drug-likeness (QED) is 0.307. The van der Waals surface area contributed by atoms with Crippen molar-refractivity contribution in [3.05, 3.63) is 70.9 Å². The number of nitrogens with one attached hydrogen (secondary N) is 3. The number of carbonyl (C=O) groups excluding carboxylic acids is 3. The van der Waals surface area contributed by atoms with Crippen LogP contribution in [-0.2, 0) is 10.9 Å². The molecule has 1 aliphatic heterocycles. The van der Waals surface area contributed by atoms with Crippen LogP contribution in [0.1, 0.15) is 59.0 Å². The van der Waals surface area contributed by atoms with Gasteiger partial charge < -0.3 is 30.3 Å². The molecular weight excluding hydrogens is 581 g/mol. The number of hydrogen-bond donors (Lipinski definition) is 3. The van der Waals surface area contributed by atoms with Crippen LogP contribution in [0.5, 0.6) is 6.01 Å². The lowest BCUT2D eigenvalue weighted by Crippen LogP contribution is -2.36. The fraction of sp³-hybridized carbons (Fsp3) is 0.367. The Balaban J connectivity index is 1.42. The van der Waals surface area contributed by atoms with Crippen molar-refractivity contribution >= 4 is 35.1 Å². The normalized spacial score (nSPS) is 15.0. The smallest absolute Gasteiger partial charge is 0.416 e. The maximum atomic E-state index is 13.2. The summed E-state index contributed by atoms with van der Waals surface area (Å²) in [5.74, 6) is -1.10. The minimum Gasteiger partial charge on any atom is -0.458 e. The highest BCUT2D eigenvalue weighted by molar-refractivity contribution is 6.08. The maximum absolute atomic E-state index is 13.2. The molecule has 3 N–H and O–H groups in total. The number of hydrogen-bond acceptors (Lipinski definition) is 8. The second-order valence-electron chi connectivity index (χ2n) is 11.1. The Hall–Kier alpha value is -4.88. The van der Waals surface area contributed by atoms with Crippen LogP contribution in [0.4, 0.5) is 35.2 Å². The SMILES string of the molecule is CNc1nc(O[C@H]2CCN(C(=O)OC(C)(C)C)C2)ncc1C(=O)Nc1cc(NC(=O)c2cccc(C(F)(F)F)c2)ccc1C. The van der Waals surface area contributed by atoms with Crippen molar-refractivity contribution in [2.24, 2.45) is 0 Å². The fourth-order valence-electron chi connectivity index (χ4n) is 4.31. The van der Waals surface area contributed by atoms with Gasteiger partial charge in [-0.3, -0.25) is 9.59 Å². The van der Waals surface area contributed by atoms with Gasteiger partial charge in [-0.25, -0.2) is 9.78 Å². The van der Waals surface area contributed by atoms with Crippen LogP contribution in [0.15, 0.2) is 48.7 Å². The van der Waals surface area contributed by atoms with E-state index in [0.717, 1.165) is 18.2 Å². The number of anilines is 3. The maximum Gasteiger partial charge on any atom is 0.416 e. The molecule has 3 amide bonds.